The first kappa shape index (κ1) is 27.3. The number of sulfonamides is 1. The molecule has 196 valence electrons. The molecule has 4 aromatic rings. The number of hydrazone groups is 1. The lowest BCUT2D eigenvalue weighted by Crippen LogP contribution is -2.39. The third kappa shape index (κ3) is 6.03. The maximum atomic E-state index is 13.5. The monoisotopic (exact) mass is 596 g/mol. The number of aryl methyl sites for hydroxylation is 2. The normalized spacial score (nSPS) is 11.6. The van der Waals surface area contributed by atoms with Crippen molar-refractivity contribution in [2.45, 2.75) is 25.7 Å². The number of carbonyl (C=O) groups excluding carboxylic acids is 1. The van der Waals surface area contributed by atoms with Gasteiger partial charge in [0.2, 0.25) is 0 Å². The number of rotatable bonds is 8. The van der Waals surface area contributed by atoms with Gasteiger partial charge in [0.15, 0.2) is 0 Å². The summed E-state index contributed by atoms with van der Waals surface area (Å²) in [6.45, 7) is 5.22. The van der Waals surface area contributed by atoms with E-state index in [9.17, 15) is 17.6 Å². The van der Waals surface area contributed by atoms with E-state index in [1.165, 1.54) is 30.5 Å². The van der Waals surface area contributed by atoms with Crippen molar-refractivity contribution in [3.63, 3.8) is 0 Å². The van der Waals surface area contributed by atoms with E-state index in [0.29, 0.717) is 0 Å². The standard InChI is InChI=1S/C28H26BrFN4O3S/c1-19-7-13-27(14-8-19)38(36,37)33(25-11-9-24(30)10-12-25)18-28(35)32-31-17-22-15-20(2)34(21(22)3)26-6-4-5-23(29)16-26/h4-17H,18H2,1-3H3,(H,32,35)/b31-17-. The van der Waals surface area contributed by atoms with Crippen LogP contribution in [0.4, 0.5) is 10.1 Å². The van der Waals surface area contributed by atoms with Crippen molar-refractivity contribution in [2.75, 3.05) is 10.8 Å². The van der Waals surface area contributed by atoms with Crippen LogP contribution in [-0.4, -0.2) is 31.7 Å². The Morgan fingerprint density at radius 3 is 2.37 bits per heavy atom. The van der Waals surface area contributed by atoms with E-state index >= 15 is 0 Å². The summed E-state index contributed by atoms with van der Waals surface area (Å²) in [7, 11) is -4.11. The van der Waals surface area contributed by atoms with Crippen LogP contribution in [-0.2, 0) is 14.8 Å². The number of amides is 1. The Morgan fingerprint density at radius 1 is 1.03 bits per heavy atom. The molecule has 1 N–H and O–H groups in total. The maximum Gasteiger partial charge on any atom is 0.264 e. The molecule has 4 rings (SSSR count). The molecule has 0 atom stereocenters. The Morgan fingerprint density at radius 2 is 1.71 bits per heavy atom. The molecule has 0 aliphatic carbocycles. The molecule has 7 nitrogen and oxygen atoms in total. The highest BCUT2D eigenvalue weighted by Crippen LogP contribution is 2.25. The van der Waals surface area contributed by atoms with E-state index in [2.05, 4.69) is 31.0 Å². The van der Waals surface area contributed by atoms with Gasteiger partial charge in [-0.15, -0.1) is 0 Å². The molecule has 0 radical (unpaired) electrons. The van der Waals surface area contributed by atoms with E-state index in [-0.39, 0.29) is 10.6 Å². The third-order valence-corrected chi connectivity index (χ3v) is 8.22. The van der Waals surface area contributed by atoms with Gasteiger partial charge in [-0.1, -0.05) is 39.7 Å². The van der Waals surface area contributed by atoms with Gasteiger partial charge in [0.1, 0.15) is 12.4 Å². The molecule has 1 amide bonds. The molecule has 3 aromatic carbocycles. The zero-order valence-electron chi connectivity index (χ0n) is 21.0. The molecule has 0 saturated carbocycles. The van der Waals surface area contributed by atoms with Crippen LogP contribution >= 0.6 is 15.9 Å². The zero-order valence-corrected chi connectivity index (χ0v) is 23.4. The summed E-state index contributed by atoms with van der Waals surface area (Å²) >= 11 is 3.49. The Kier molecular flexibility index (Phi) is 8.13. The SMILES string of the molecule is Cc1ccc(S(=O)(=O)N(CC(=O)N/N=C\c2cc(C)n(-c3cccc(Br)c3)c2C)c2ccc(F)cc2)cc1. The van der Waals surface area contributed by atoms with Crippen molar-refractivity contribution < 1.29 is 17.6 Å². The highest BCUT2D eigenvalue weighted by molar-refractivity contribution is 9.10. The van der Waals surface area contributed by atoms with Crippen LogP contribution in [0.2, 0.25) is 0 Å². The molecule has 0 fully saturated rings. The second kappa shape index (κ2) is 11.3. The maximum absolute atomic E-state index is 13.5. The number of carbonyl (C=O) groups is 1. The van der Waals surface area contributed by atoms with Gasteiger partial charge >= 0.3 is 0 Å². The zero-order chi connectivity index (χ0) is 27.4. The molecule has 0 aliphatic rings. The summed E-state index contributed by atoms with van der Waals surface area (Å²) in [5, 5.41) is 4.07. The highest BCUT2D eigenvalue weighted by Gasteiger charge is 2.27. The molecular weight excluding hydrogens is 571 g/mol. The van der Waals surface area contributed by atoms with Crippen LogP contribution in [0.5, 0.6) is 0 Å². The van der Waals surface area contributed by atoms with Crippen LogP contribution < -0.4 is 9.73 Å². The molecule has 0 saturated heterocycles. The summed E-state index contributed by atoms with van der Waals surface area (Å²) < 4.78 is 44.3. The van der Waals surface area contributed by atoms with Gasteiger partial charge in [-0.3, -0.25) is 9.10 Å². The van der Waals surface area contributed by atoms with Crippen molar-refractivity contribution in [3.05, 3.63) is 112 Å². The summed E-state index contributed by atoms with van der Waals surface area (Å²) in [4.78, 5) is 12.8. The van der Waals surface area contributed by atoms with Crippen LogP contribution in [0, 0.1) is 26.6 Å². The second-order valence-corrected chi connectivity index (χ2v) is 11.5. The lowest BCUT2D eigenvalue weighted by atomic mass is 10.2. The minimum atomic E-state index is -4.11. The van der Waals surface area contributed by atoms with Gasteiger partial charge in [0, 0.05) is 27.1 Å². The quantitative estimate of drug-likeness (QED) is 0.211. The van der Waals surface area contributed by atoms with Gasteiger partial charge in [-0.2, -0.15) is 5.10 Å². The fraction of sp³-hybridized carbons (Fsp3) is 0.143. The van der Waals surface area contributed by atoms with Gasteiger partial charge in [0.05, 0.1) is 16.8 Å². The fourth-order valence-corrected chi connectivity index (χ4v) is 5.84. The van der Waals surface area contributed by atoms with Gasteiger partial charge in [0.25, 0.3) is 15.9 Å². The number of benzene rings is 3. The molecule has 1 heterocycles. The predicted octanol–water partition coefficient (Wildman–Crippen LogP) is 5.65. The number of nitrogens with zero attached hydrogens (tertiary/aromatic N) is 3. The molecule has 0 unspecified atom stereocenters. The second-order valence-electron chi connectivity index (χ2n) is 8.74. The van der Waals surface area contributed by atoms with Crippen LogP contribution in [0.1, 0.15) is 22.5 Å². The number of aromatic nitrogens is 1. The first-order valence-electron chi connectivity index (χ1n) is 11.7. The molecule has 1 aromatic heterocycles. The molecule has 10 heteroatoms. The van der Waals surface area contributed by atoms with Crippen molar-refractivity contribution in [1.82, 2.24) is 9.99 Å². The van der Waals surface area contributed by atoms with Crippen molar-refractivity contribution in [1.29, 1.82) is 0 Å². The topological polar surface area (TPSA) is 83.8 Å². The minimum Gasteiger partial charge on any atom is -0.318 e. The first-order chi connectivity index (χ1) is 18.1. The summed E-state index contributed by atoms with van der Waals surface area (Å²) in [6.07, 6.45) is 1.52. The van der Waals surface area contributed by atoms with Gasteiger partial charge in [-0.05, 0) is 81.4 Å². The van der Waals surface area contributed by atoms with Crippen molar-refractivity contribution in [2.24, 2.45) is 5.10 Å². The van der Waals surface area contributed by atoms with Crippen LogP contribution in [0.25, 0.3) is 5.69 Å². The predicted molar refractivity (Wildman–Crippen MR) is 151 cm³/mol. The Hall–Kier alpha value is -3.76. The van der Waals surface area contributed by atoms with E-state index in [1.807, 2.05) is 51.1 Å². The van der Waals surface area contributed by atoms with Crippen LogP contribution in [0.15, 0.2) is 93.3 Å². The number of hydrogen-bond donors (Lipinski definition) is 1. The number of halogens is 2. The van der Waals surface area contributed by atoms with E-state index in [0.717, 1.165) is 49.1 Å². The molecule has 0 bridgehead atoms. The number of nitrogens with one attached hydrogen (secondary N) is 1. The molecule has 0 spiro atoms. The smallest absolute Gasteiger partial charge is 0.264 e. The average Bonchev–Trinajstić information content (AvgIpc) is 3.16. The molecule has 0 aliphatic heterocycles. The van der Waals surface area contributed by atoms with Crippen molar-refractivity contribution >= 4 is 43.8 Å². The Bertz CT molecular complexity index is 1600. The van der Waals surface area contributed by atoms with E-state index < -0.39 is 28.3 Å². The highest BCUT2D eigenvalue weighted by atomic mass is 79.9. The lowest BCUT2D eigenvalue weighted by molar-refractivity contribution is -0.119. The Labute approximate surface area is 229 Å². The summed E-state index contributed by atoms with van der Waals surface area (Å²) in [6, 6.07) is 21.0. The van der Waals surface area contributed by atoms with E-state index in [4.69, 9.17) is 0 Å². The largest absolute Gasteiger partial charge is 0.318 e. The number of anilines is 1. The average molecular weight is 598 g/mol. The van der Waals surface area contributed by atoms with Gasteiger partial charge in [-0.25, -0.2) is 18.2 Å². The number of hydrogen-bond acceptors (Lipinski definition) is 4. The first-order valence-corrected chi connectivity index (χ1v) is 13.9. The molecule has 38 heavy (non-hydrogen) atoms. The lowest BCUT2D eigenvalue weighted by Gasteiger charge is -2.23. The minimum absolute atomic E-state index is 0.0173. The summed E-state index contributed by atoms with van der Waals surface area (Å²) in [5.41, 5.74) is 7.15. The fourth-order valence-electron chi connectivity index (χ4n) is 4.03. The van der Waals surface area contributed by atoms with Crippen LogP contribution in [0.3, 0.4) is 0 Å². The molecular formula is C28H26BrFN4O3S. The third-order valence-electron chi connectivity index (χ3n) is 5.94. The summed E-state index contributed by atoms with van der Waals surface area (Å²) in [5.74, 6) is -1.17. The Balaban J connectivity index is 1.55. The van der Waals surface area contributed by atoms with Gasteiger partial charge < -0.3 is 4.57 Å². The van der Waals surface area contributed by atoms with E-state index in [1.54, 1.807) is 12.1 Å². The van der Waals surface area contributed by atoms with Crippen molar-refractivity contribution in [3.8, 4) is 5.69 Å².